The molecule has 0 saturated heterocycles. The minimum absolute atomic E-state index is 0.271. The largest absolute Gasteiger partial charge is 0.324 e. The Morgan fingerprint density at radius 3 is 2.48 bits per heavy atom. The summed E-state index contributed by atoms with van der Waals surface area (Å²) in [7, 11) is 0. The second kappa shape index (κ2) is 9.11. The zero-order chi connectivity index (χ0) is 15.8. The number of hydrogen-bond acceptors (Lipinski definition) is 2. The minimum atomic E-state index is -0.827. The third kappa shape index (κ3) is 5.71. The highest BCUT2D eigenvalue weighted by molar-refractivity contribution is 5.22. The summed E-state index contributed by atoms with van der Waals surface area (Å²) >= 11 is 0. The Morgan fingerprint density at radius 1 is 1.14 bits per heavy atom. The average molecular weight is 298 g/mol. The highest BCUT2D eigenvalue weighted by atomic mass is 19.2. The summed E-state index contributed by atoms with van der Waals surface area (Å²) < 4.78 is 26.9. The molecular formula is C17H28F2N2. The molecule has 1 atom stereocenters. The van der Waals surface area contributed by atoms with Gasteiger partial charge in [0.25, 0.3) is 0 Å². The molecule has 0 saturated carbocycles. The lowest BCUT2D eigenvalue weighted by Gasteiger charge is -2.27. The van der Waals surface area contributed by atoms with Gasteiger partial charge in [-0.2, -0.15) is 0 Å². The predicted molar refractivity (Wildman–Crippen MR) is 84.1 cm³/mol. The van der Waals surface area contributed by atoms with E-state index >= 15 is 0 Å². The Morgan fingerprint density at radius 2 is 1.86 bits per heavy atom. The van der Waals surface area contributed by atoms with Crippen molar-refractivity contribution in [3.8, 4) is 0 Å². The van der Waals surface area contributed by atoms with Gasteiger partial charge in [0.05, 0.1) is 0 Å². The highest BCUT2D eigenvalue weighted by Gasteiger charge is 2.17. The van der Waals surface area contributed by atoms with Crippen molar-refractivity contribution in [1.82, 2.24) is 4.90 Å². The molecule has 1 aromatic rings. The van der Waals surface area contributed by atoms with E-state index in [9.17, 15) is 8.78 Å². The van der Waals surface area contributed by atoms with Crippen LogP contribution in [0, 0.1) is 11.6 Å². The van der Waals surface area contributed by atoms with Crippen molar-refractivity contribution in [2.24, 2.45) is 5.73 Å². The Balaban J connectivity index is 2.56. The zero-order valence-electron chi connectivity index (χ0n) is 13.4. The van der Waals surface area contributed by atoms with Gasteiger partial charge in [0.15, 0.2) is 11.6 Å². The molecule has 0 bridgehead atoms. The molecule has 2 nitrogen and oxygen atoms in total. The molecule has 0 aliphatic heterocycles. The molecule has 21 heavy (non-hydrogen) atoms. The number of nitrogens with zero attached hydrogens (tertiary/aromatic N) is 1. The van der Waals surface area contributed by atoms with Crippen LogP contribution in [0.5, 0.6) is 0 Å². The van der Waals surface area contributed by atoms with Crippen LogP contribution in [0.15, 0.2) is 18.2 Å². The van der Waals surface area contributed by atoms with E-state index < -0.39 is 17.7 Å². The van der Waals surface area contributed by atoms with Gasteiger partial charge in [0.1, 0.15) is 0 Å². The van der Waals surface area contributed by atoms with Crippen LogP contribution >= 0.6 is 0 Å². The normalized spacial score (nSPS) is 13.1. The lowest BCUT2D eigenvalue weighted by atomic mass is 10.0. The molecule has 0 heterocycles. The van der Waals surface area contributed by atoms with Crippen LogP contribution in [0.4, 0.5) is 8.78 Å². The molecule has 0 aliphatic rings. The van der Waals surface area contributed by atoms with Crippen molar-refractivity contribution in [3.63, 3.8) is 0 Å². The number of hydrogen-bond donors (Lipinski definition) is 1. The van der Waals surface area contributed by atoms with E-state index in [0.717, 1.165) is 25.6 Å². The Kier molecular flexibility index (Phi) is 7.83. The van der Waals surface area contributed by atoms with Gasteiger partial charge in [-0.1, -0.05) is 31.9 Å². The molecule has 0 amide bonds. The van der Waals surface area contributed by atoms with E-state index in [2.05, 4.69) is 25.7 Å². The van der Waals surface area contributed by atoms with Crippen LogP contribution in [0.2, 0.25) is 0 Å². The monoisotopic (exact) mass is 298 g/mol. The summed E-state index contributed by atoms with van der Waals surface area (Å²) in [5, 5.41) is 0. The summed E-state index contributed by atoms with van der Waals surface area (Å²) in [6.45, 7) is 8.32. The van der Waals surface area contributed by atoms with Gasteiger partial charge >= 0.3 is 0 Å². The van der Waals surface area contributed by atoms with Gasteiger partial charge in [-0.15, -0.1) is 0 Å². The highest BCUT2D eigenvalue weighted by Crippen LogP contribution is 2.20. The summed E-state index contributed by atoms with van der Waals surface area (Å²) in [6.07, 6.45) is 4.21. The third-order valence-corrected chi connectivity index (χ3v) is 3.89. The molecule has 0 spiro atoms. The maximum Gasteiger partial charge on any atom is 0.163 e. The maximum absolute atomic E-state index is 13.7. The average Bonchev–Trinajstić information content (AvgIpc) is 2.44. The SMILES string of the molecule is CCCCCN(CCC(N)c1cccc(F)c1F)C(C)C. The fourth-order valence-corrected chi connectivity index (χ4v) is 2.46. The Bertz CT molecular complexity index is 421. The van der Waals surface area contributed by atoms with Gasteiger partial charge in [-0.05, 0) is 39.3 Å². The van der Waals surface area contributed by atoms with Crippen LogP contribution in [-0.2, 0) is 0 Å². The van der Waals surface area contributed by atoms with E-state index in [-0.39, 0.29) is 5.56 Å². The fourth-order valence-electron chi connectivity index (χ4n) is 2.46. The van der Waals surface area contributed by atoms with Gasteiger partial charge in [-0.3, -0.25) is 0 Å². The predicted octanol–water partition coefficient (Wildman–Crippen LogP) is 4.26. The van der Waals surface area contributed by atoms with Crippen molar-refractivity contribution < 1.29 is 8.78 Å². The molecule has 1 aromatic carbocycles. The molecule has 4 heteroatoms. The molecule has 0 radical (unpaired) electrons. The van der Waals surface area contributed by atoms with Gasteiger partial charge < -0.3 is 10.6 Å². The second-order valence-corrected chi connectivity index (χ2v) is 5.88. The van der Waals surface area contributed by atoms with Crippen molar-refractivity contribution in [1.29, 1.82) is 0 Å². The molecule has 2 N–H and O–H groups in total. The van der Waals surface area contributed by atoms with E-state index in [1.165, 1.54) is 18.9 Å². The zero-order valence-corrected chi connectivity index (χ0v) is 13.4. The molecule has 0 fully saturated rings. The number of halogens is 2. The van der Waals surface area contributed by atoms with Crippen molar-refractivity contribution >= 4 is 0 Å². The number of nitrogens with two attached hydrogens (primary N) is 1. The number of benzene rings is 1. The number of rotatable bonds is 9. The lowest BCUT2D eigenvalue weighted by Crippen LogP contribution is -2.34. The smallest absolute Gasteiger partial charge is 0.163 e. The van der Waals surface area contributed by atoms with Crippen LogP contribution in [0.25, 0.3) is 0 Å². The first-order valence-electron chi connectivity index (χ1n) is 7.90. The van der Waals surface area contributed by atoms with Crippen LogP contribution in [0.3, 0.4) is 0 Å². The van der Waals surface area contributed by atoms with Gasteiger partial charge in [0, 0.05) is 24.2 Å². The standard InChI is InChI=1S/C17H28F2N2/c1-4-5-6-11-21(13(2)3)12-10-16(20)14-8-7-9-15(18)17(14)19/h7-9,13,16H,4-6,10-12,20H2,1-3H3. The molecule has 1 rings (SSSR count). The molecule has 0 aliphatic carbocycles. The van der Waals surface area contributed by atoms with E-state index in [0.29, 0.717) is 12.5 Å². The summed E-state index contributed by atoms with van der Waals surface area (Å²) in [5.74, 6) is -1.64. The second-order valence-electron chi connectivity index (χ2n) is 5.88. The van der Waals surface area contributed by atoms with Crippen molar-refractivity contribution in [2.75, 3.05) is 13.1 Å². The van der Waals surface area contributed by atoms with E-state index in [1.807, 2.05) is 0 Å². The van der Waals surface area contributed by atoms with Crippen molar-refractivity contribution in [2.45, 2.75) is 58.5 Å². The molecule has 1 unspecified atom stereocenters. The summed E-state index contributed by atoms with van der Waals surface area (Å²) in [4.78, 5) is 2.35. The van der Waals surface area contributed by atoms with Crippen LogP contribution < -0.4 is 5.73 Å². The Labute approximate surface area is 127 Å². The van der Waals surface area contributed by atoms with Gasteiger partial charge in [0.2, 0.25) is 0 Å². The topological polar surface area (TPSA) is 29.3 Å². The van der Waals surface area contributed by atoms with Crippen LogP contribution in [0.1, 0.15) is 58.1 Å². The van der Waals surface area contributed by atoms with E-state index in [1.54, 1.807) is 6.07 Å². The molecule has 120 valence electrons. The quantitative estimate of drug-likeness (QED) is 0.690. The Hall–Kier alpha value is -1.00. The maximum atomic E-state index is 13.7. The molecular weight excluding hydrogens is 270 g/mol. The van der Waals surface area contributed by atoms with E-state index in [4.69, 9.17) is 5.73 Å². The summed E-state index contributed by atoms with van der Waals surface area (Å²) in [5.41, 5.74) is 6.31. The lowest BCUT2D eigenvalue weighted by molar-refractivity contribution is 0.209. The first kappa shape index (κ1) is 18.1. The van der Waals surface area contributed by atoms with Gasteiger partial charge in [-0.25, -0.2) is 8.78 Å². The first-order valence-corrected chi connectivity index (χ1v) is 7.90. The fraction of sp³-hybridized carbons (Fsp3) is 0.647. The van der Waals surface area contributed by atoms with Crippen LogP contribution in [-0.4, -0.2) is 24.0 Å². The summed E-state index contributed by atoms with van der Waals surface area (Å²) in [6, 6.07) is 4.17. The first-order chi connectivity index (χ1) is 9.97. The molecule has 0 aromatic heterocycles. The van der Waals surface area contributed by atoms with Crippen molar-refractivity contribution in [3.05, 3.63) is 35.4 Å². The minimum Gasteiger partial charge on any atom is -0.324 e. The number of unbranched alkanes of at least 4 members (excludes halogenated alkanes) is 2. The third-order valence-electron chi connectivity index (χ3n) is 3.89.